The Morgan fingerprint density at radius 1 is 1.36 bits per heavy atom. The number of hydrogen-bond donors (Lipinski definition) is 2. The molecule has 0 spiro atoms. The highest BCUT2D eigenvalue weighted by molar-refractivity contribution is 5.99. The van der Waals surface area contributed by atoms with Crippen molar-refractivity contribution in [3.63, 3.8) is 0 Å². The van der Waals surface area contributed by atoms with Gasteiger partial charge >= 0.3 is 0 Å². The number of nitrogens with zero attached hydrogens (tertiary/aromatic N) is 2. The minimum absolute atomic E-state index is 0.0295. The second-order valence-corrected chi connectivity index (χ2v) is 7.03. The van der Waals surface area contributed by atoms with Crippen molar-refractivity contribution in [2.45, 2.75) is 45.2 Å². The molecule has 3 aliphatic rings. The summed E-state index contributed by atoms with van der Waals surface area (Å²) in [6, 6.07) is 5.11. The maximum Gasteiger partial charge on any atom is 0.175 e. The Balaban J connectivity index is 1.87. The highest BCUT2D eigenvalue weighted by Crippen LogP contribution is 2.39. The van der Waals surface area contributed by atoms with E-state index < -0.39 is 0 Å². The lowest BCUT2D eigenvalue weighted by Gasteiger charge is -2.56. The van der Waals surface area contributed by atoms with Crippen LogP contribution in [-0.4, -0.2) is 40.6 Å². The van der Waals surface area contributed by atoms with E-state index in [1.165, 1.54) is 6.07 Å². The molecule has 2 bridgehead atoms. The minimum Gasteiger partial charge on any atom is -0.409 e. The fourth-order valence-electron chi connectivity index (χ4n) is 4.00. The molecule has 22 heavy (non-hydrogen) atoms. The molecule has 1 atom stereocenters. The molecule has 0 aromatic heterocycles. The first-order valence-electron chi connectivity index (χ1n) is 7.93. The second-order valence-electron chi connectivity index (χ2n) is 7.03. The van der Waals surface area contributed by atoms with Crippen molar-refractivity contribution < 1.29 is 9.60 Å². The summed E-state index contributed by atoms with van der Waals surface area (Å²) >= 11 is 0. The third-order valence-corrected chi connectivity index (χ3v) is 5.36. The van der Waals surface area contributed by atoms with Crippen LogP contribution in [0.4, 0.5) is 4.39 Å². The van der Waals surface area contributed by atoms with Gasteiger partial charge in [0.05, 0.1) is 5.56 Å². The first-order valence-corrected chi connectivity index (χ1v) is 7.93. The number of rotatable bonds is 2. The molecule has 1 aromatic carbocycles. The number of aryl methyl sites for hydroxylation is 1. The summed E-state index contributed by atoms with van der Waals surface area (Å²) in [5, 5.41) is 16.1. The Hall–Kier alpha value is -1.62. The number of piperidine rings is 3. The molecule has 3 heterocycles. The van der Waals surface area contributed by atoms with E-state index in [1.807, 2.05) is 13.0 Å². The van der Waals surface area contributed by atoms with Crippen LogP contribution in [0.3, 0.4) is 0 Å². The lowest BCUT2D eigenvalue weighted by molar-refractivity contribution is -0.0339. The quantitative estimate of drug-likeness (QED) is 0.382. The van der Waals surface area contributed by atoms with Gasteiger partial charge < -0.3 is 10.5 Å². The van der Waals surface area contributed by atoms with Gasteiger partial charge in [-0.15, -0.1) is 0 Å². The van der Waals surface area contributed by atoms with Crippen molar-refractivity contribution in [2.24, 2.45) is 11.1 Å². The van der Waals surface area contributed by atoms with Gasteiger partial charge in [-0.1, -0.05) is 11.2 Å². The van der Waals surface area contributed by atoms with Crippen LogP contribution in [0.15, 0.2) is 23.4 Å². The highest BCUT2D eigenvalue weighted by Gasteiger charge is 2.48. The molecule has 2 N–H and O–H groups in total. The summed E-state index contributed by atoms with van der Waals surface area (Å²) in [5.41, 5.74) is 1.14. The summed E-state index contributed by atoms with van der Waals surface area (Å²) in [4.78, 5) is 2.46. The van der Waals surface area contributed by atoms with E-state index >= 15 is 0 Å². The molecule has 0 radical (unpaired) electrons. The van der Waals surface area contributed by atoms with Gasteiger partial charge in [0, 0.05) is 11.6 Å². The van der Waals surface area contributed by atoms with Crippen LogP contribution < -0.4 is 5.32 Å². The molecule has 3 fully saturated rings. The minimum atomic E-state index is -0.362. The predicted molar refractivity (Wildman–Crippen MR) is 84.8 cm³/mol. The molecule has 0 unspecified atom stereocenters. The van der Waals surface area contributed by atoms with Gasteiger partial charge in [0.15, 0.2) is 5.84 Å². The van der Waals surface area contributed by atoms with Crippen LogP contribution in [0.5, 0.6) is 0 Å². The number of hydrogen-bond acceptors (Lipinski definition) is 3. The van der Waals surface area contributed by atoms with Gasteiger partial charge in [-0.2, -0.15) is 0 Å². The molecule has 0 saturated carbocycles. The van der Waals surface area contributed by atoms with Crippen LogP contribution in [0.25, 0.3) is 0 Å². The smallest absolute Gasteiger partial charge is 0.175 e. The monoisotopic (exact) mass is 305 g/mol. The molecule has 4 rings (SSSR count). The molecule has 5 heteroatoms. The Morgan fingerprint density at radius 2 is 2.05 bits per heavy atom. The maximum atomic E-state index is 14.2. The summed E-state index contributed by atoms with van der Waals surface area (Å²) in [6.45, 7) is 8.47. The molecule has 3 saturated heterocycles. The van der Waals surface area contributed by atoms with E-state index in [0.29, 0.717) is 11.5 Å². The van der Waals surface area contributed by atoms with Crippen LogP contribution in [0, 0.1) is 18.7 Å². The average Bonchev–Trinajstić information content (AvgIpc) is 2.48. The standard InChI is InChI=1S/C17H24FN3O/c1-11-4-5-13(14(18)10-11)16(20-22)19-15-12-6-8-21(9-7-12)17(15,2)3/h4-5,10,12,15,22H,6-9H2,1-3H3,(H,19,20)/t15-/m1/s1. The van der Waals surface area contributed by atoms with Crippen molar-refractivity contribution in [2.75, 3.05) is 13.1 Å². The number of oxime groups is 1. The molecule has 1 aromatic rings. The Kier molecular flexibility index (Phi) is 3.85. The number of nitrogens with one attached hydrogen (secondary N) is 1. The van der Waals surface area contributed by atoms with E-state index in [-0.39, 0.29) is 23.2 Å². The number of amidine groups is 1. The molecular weight excluding hydrogens is 281 g/mol. The predicted octanol–water partition coefficient (Wildman–Crippen LogP) is 2.73. The first-order chi connectivity index (χ1) is 10.4. The molecule has 120 valence electrons. The van der Waals surface area contributed by atoms with Gasteiger partial charge in [0.2, 0.25) is 0 Å². The maximum absolute atomic E-state index is 14.2. The van der Waals surface area contributed by atoms with Crippen LogP contribution in [-0.2, 0) is 0 Å². The van der Waals surface area contributed by atoms with Crippen molar-refractivity contribution in [1.29, 1.82) is 0 Å². The molecular formula is C17H24FN3O. The first kappa shape index (κ1) is 15.3. The van der Waals surface area contributed by atoms with Crippen molar-refractivity contribution in [3.05, 3.63) is 35.1 Å². The van der Waals surface area contributed by atoms with Crippen LogP contribution in [0.2, 0.25) is 0 Å². The van der Waals surface area contributed by atoms with Crippen LogP contribution >= 0.6 is 0 Å². The normalized spacial score (nSPS) is 30.4. The van der Waals surface area contributed by atoms with Gasteiger partial charge in [-0.05, 0) is 70.3 Å². The van der Waals surface area contributed by atoms with Gasteiger partial charge in [-0.25, -0.2) is 4.39 Å². The Labute approximate surface area is 131 Å². The van der Waals surface area contributed by atoms with Crippen molar-refractivity contribution >= 4 is 5.84 Å². The zero-order chi connectivity index (χ0) is 15.9. The number of halogens is 1. The zero-order valence-corrected chi connectivity index (χ0v) is 13.4. The summed E-state index contributed by atoms with van der Waals surface area (Å²) in [5.74, 6) is 0.397. The van der Waals surface area contributed by atoms with E-state index in [4.69, 9.17) is 0 Å². The van der Waals surface area contributed by atoms with E-state index in [1.54, 1.807) is 6.07 Å². The second kappa shape index (κ2) is 5.54. The summed E-state index contributed by atoms with van der Waals surface area (Å²) < 4.78 is 14.2. The molecule has 4 nitrogen and oxygen atoms in total. The number of benzene rings is 1. The number of fused-ring (bicyclic) bond motifs is 3. The molecule has 0 amide bonds. The summed E-state index contributed by atoms with van der Waals surface area (Å²) in [7, 11) is 0. The fraction of sp³-hybridized carbons (Fsp3) is 0.588. The third kappa shape index (κ3) is 2.47. The van der Waals surface area contributed by atoms with Crippen molar-refractivity contribution in [3.8, 4) is 0 Å². The summed E-state index contributed by atoms with van der Waals surface area (Å²) in [6.07, 6.45) is 2.27. The molecule has 3 aliphatic heterocycles. The van der Waals surface area contributed by atoms with Crippen LogP contribution in [0.1, 0.15) is 37.8 Å². The Morgan fingerprint density at radius 3 is 2.59 bits per heavy atom. The zero-order valence-electron chi connectivity index (χ0n) is 13.4. The fourth-order valence-corrected chi connectivity index (χ4v) is 4.00. The van der Waals surface area contributed by atoms with E-state index in [9.17, 15) is 9.60 Å². The lowest BCUT2D eigenvalue weighted by Crippen LogP contribution is -2.69. The Bertz CT molecular complexity index is 592. The van der Waals surface area contributed by atoms with Gasteiger partial charge in [0.25, 0.3) is 0 Å². The average molecular weight is 305 g/mol. The van der Waals surface area contributed by atoms with Gasteiger partial charge in [0.1, 0.15) is 5.82 Å². The topological polar surface area (TPSA) is 47.9 Å². The third-order valence-electron chi connectivity index (χ3n) is 5.36. The SMILES string of the molecule is Cc1ccc(/C(=N\O)N[C@@H]2C3CCN(CC3)C2(C)C)c(F)c1. The van der Waals surface area contributed by atoms with Gasteiger partial charge in [-0.3, -0.25) is 4.90 Å². The largest absolute Gasteiger partial charge is 0.409 e. The van der Waals surface area contributed by atoms with E-state index in [0.717, 1.165) is 31.5 Å². The highest BCUT2D eigenvalue weighted by atomic mass is 19.1. The van der Waals surface area contributed by atoms with Crippen molar-refractivity contribution in [1.82, 2.24) is 10.2 Å². The van der Waals surface area contributed by atoms with E-state index in [2.05, 4.69) is 29.2 Å². The lowest BCUT2D eigenvalue weighted by atomic mass is 9.72. The molecule has 0 aliphatic carbocycles.